The molecule has 6 nitrogen and oxygen atoms in total. The maximum Gasteiger partial charge on any atom is 0.338 e. The van der Waals surface area contributed by atoms with Crippen LogP contribution in [0, 0.1) is 15.9 Å². The molecule has 8 heteroatoms. The molecule has 172 valence electrons. The lowest BCUT2D eigenvalue weighted by atomic mass is 9.95. The van der Waals surface area contributed by atoms with Gasteiger partial charge in [-0.2, -0.15) is 0 Å². The summed E-state index contributed by atoms with van der Waals surface area (Å²) in [7, 11) is 1.34. The Morgan fingerprint density at radius 2 is 2.06 bits per heavy atom. The van der Waals surface area contributed by atoms with E-state index in [0.717, 1.165) is 14.7 Å². The summed E-state index contributed by atoms with van der Waals surface area (Å²) >= 11 is 3.48. The average molecular weight is 584 g/mol. The summed E-state index contributed by atoms with van der Waals surface area (Å²) in [4.78, 5) is 31.6. The van der Waals surface area contributed by atoms with Crippen LogP contribution in [0.1, 0.15) is 30.5 Å². The van der Waals surface area contributed by atoms with Crippen molar-refractivity contribution < 1.29 is 14.3 Å². The van der Waals surface area contributed by atoms with Gasteiger partial charge < -0.3 is 9.47 Å². The summed E-state index contributed by atoms with van der Waals surface area (Å²) in [6.07, 6.45) is 7.64. The fourth-order valence-corrected chi connectivity index (χ4v) is 5.52. The monoisotopic (exact) mass is 584 g/mol. The van der Waals surface area contributed by atoms with Crippen molar-refractivity contribution in [2.24, 2.45) is 4.99 Å². The highest BCUT2D eigenvalue weighted by Gasteiger charge is 2.33. The SMILES string of the molecule is C#CCOc1ccc(/C=c2\sc3n(c2=O)[C@H](c2ccccc2)C(C(=O)OC)=C(CC)N=3)cc1I. The van der Waals surface area contributed by atoms with Gasteiger partial charge in [-0.3, -0.25) is 9.36 Å². The summed E-state index contributed by atoms with van der Waals surface area (Å²) in [5.74, 6) is 2.66. The van der Waals surface area contributed by atoms with E-state index < -0.39 is 12.0 Å². The molecule has 2 heterocycles. The molecule has 3 aromatic rings. The Balaban J connectivity index is 1.89. The van der Waals surface area contributed by atoms with E-state index in [4.69, 9.17) is 15.9 Å². The molecular weight excluding hydrogens is 563 g/mol. The number of aromatic nitrogens is 1. The Morgan fingerprint density at radius 3 is 2.71 bits per heavy atom. The van der Waals surface area contributed by atoms with E-state index in [-0.39, 0.29) is 12.2 Å². The van der Waals surface area contributed by atoms with Crippen LogP contribution >= 0.6 is 33.9 Å². The number of halogens is 1. The fraction of sp³-hybridized carbons (Fsp3) is 0.192. The first-order chi connectivity index (χ1) is 16.5. The van der Waals surface area contributed by atoms with E-state index in [1.165, 1.54) is 18.4 Å². The molecule has 1 atom stereocenters. The molecule has 4 rings (SSSR count). The zero-order valence-corrected chi connectivity index (χ0v) is 21.6. The summed E-state index contributed by atoms with van der Waals surface area (Å²) in [5.41, 5.74) is 2.47. The number of terminal acetylenes is 1. The van der Waals surface area contributed by atoms with Gasteiger partial charge in [0.05, 0.1) is 32.5 Å². The molecule has 0 aliphatic carbocycles. The minimum atomic E-state index is -0.610. The highest BCUT2D eigenvalue weighted by molar-refractivity contribution is 14.1. The number of hydrogen-bond acceptors (Lipinski definition) is 6. The molecule has 0 bridgehead atoms. The number of benzene rings is 2. The van der Waals surface area contributed by atoms with Gasteiger partial charge in [-0.15, -0.1) is 6.42 Å². The van der Waals surface area contributed by atoms with Gasteiger partial charge in [0.2, 0.25) is 0 Å². The Morgan fingerprint density at radius 1 is 1.29 bits per heavy atom. The molecule has 0 saturated carbocycles. The van der Waals surface area contributed by atoms with Crippen LogP contribution in [-0.2, 0) is 9.53 Å². The number of hydrogen-bond donors (Lipinski definition) is 0. The third-order valence-corrected chi connectivity index (χ3v) is 7.16. The lowest BCUT2D eigenvalue weighted by molar-refractivity contribution is -0.136. The van der Waals surface area contributed by atoms with Crippen molar-refractivity contribution >= 4 is 46.0 Å². The van der Waals surface area contributed by atoms with E-state index in [0.29, 0.717) is 32.8 Å². The number of rotatable bonds is 6. The van der Waals surface area contributed by atoms with Crippen LogP contribution in [0.4, 0.5) is 0 Å². The molecule has 0 saturated heterocycles. The van der Waals surface area contributed by atoms with Gasteiger partial charge in [-0.25, -0.2) is 9.79 Å². The topological polar surface area (TPSA) is 69.9 Å². The number of esters is 1. The first-order valence-electron chi connectivity index (χ1n) is 10.5. The summed E-state index contributed by atoms with van der Waals surface area (Å²) in [5, 5.41) is 0. The zero-order chi connectivity index (χ0) is 24.2. The van der Waals surface area contributed by atoms with Crippen LogP contribution in [0.25, 0.3) is 6.08 Å². The second kappa shape index (κ2) is 10.4. The quantitative estimate of drug-likeness (QED) is 0.253. The van der Waals surface area contributed by atoms with Crippen molar-refractivity contribution in [1.82, 2.24) is 4.57 Å². The summed E-state index contributed by atoms with van der Waals surface area (Å²) < 4.78 is 13.6. The molecule has 1 aromatic heterocycles. The number of allylic oxidation sites excluding steroid dienone is 1. The molecule has 0 unspecified atom stereocenters. The third-order valence-electron chi connectivity index (χ3n) is 5.33. The number of fused-ring (bicyclic) bond motifs is 1. The molecule has 1 aliphatic rings. The maximum absolute atomic E-state index is 13.6. The van der Waals surface area contributed by atoms with Crippen molar-refractivity contribution in [1.29, 1.82) is 0 Å². The molecule has 0 N–H and O–H groups in total. The Bertz CT molecular complexity index is 1500. The van der Waals surface area contributed by atoms with E-state index in [1.54, 1.807) is 4.57 Å². The molecule has 2 aromatic carbocycles. The van der Waals surface area contributed by atoms with Crippen molar-refractivity contribution in [3.8, 4) is 18.1 Å². The standard InChI is InChI=1S/C26H21IN2O4S/c1-4-13-33-20-12-11-16(14-18(20)27)15-21-24(30)29-23(17-9-7-6-8-10-17)22(25(31)32-3)19(5-2)28-26(29)34-21/h1,6-12,14-15,23H,5,13H2,2-3H3/b21-15-/t23-/m1/s1. The molecule has 0 spiro atoms. The normalized spacial score (nSPS) is 15.4. The van der Waals surface area contributed by atoms with E-state index in [2.05, 4.69) is 33.5 Å². The summed E-state index contributed by atoms with van der Waals surface area (Å²) in [6.45, 7) is 2.12. The van der Waals surface area contributed by atoms with Gasteiger partial charge in [0.25, 0.3) is 5.56 Å². The third kappa shape index (κ3) is 4.58. The van der Waals surface area contributed by atoms with E-state index in [9.17, 15) is 9.59 Å². The van der Waals surface area contributed by atoms with Gasteiger partial charge in [0.15, 0.2) is 4.80 Å². The first-order valence-corrected chi connectivity index (χ1v) is 12.4. The number of nitrogens with zero attached hydrogens (tertiary/aromatic N) is 2. The van der Waals surface area contributed by atoms with E-state index >= 15 is 0 Å². The maximum atomic E-state index is 13.6. The average Bonchev–Trinajstić information content (AvgIpc) is 3.16. The lowest BCUT2D eigenvalue weighted by Crippen LogP contribution is -2.40. The number of carbonyl (C=O) groups excluding carboxylic acids is 1. The highest BCUT2D eigenvalue weighted by atomic mass is 127. The Hall–Kier alpha value is -3.16. The van der Waals surface area contributed by atoms with Crippen LogP contribution in [0.2, 0.25) is 0 Å². The molecule has 34 heavy (non-hydrogen) atoms. The molecule has 1 aliphatic heterocycles. The predicted molar refractivity (Wildman–Crippen MR) is 140 cm³/mol. The number of thiazole rings is 1. The van der Waals surface area contributed by atoms with E-state index in [1.807, 2.05) is 61.5 Å². The van der Waals surface area contributed by atoms with Crippen molar-refractivity contribution in [3.05, 3.63) is 94.2 Å². The second-order valence-electron chi connectivity index (χ2n) is 7.38. The van der Waals surface area contributed by atoms with Gasteiger partial charge >= 0.3 is 5.97 Å². The highest BCUT2D eigenvalue weighted by Crippen LogP contribution is 2.31. The molecule has 0 radical (unpaired) electrons. The van der Waals surface area contributed by atoms with Crippen LogP contribution in [-0.4, -0.2) is 24.3 Å². The fourth-order valence-electron chi connectivity index (χ4n) is 3.81. The largest absolute Gasteiger partial charge is 0.480 e. The number of methoxy groups -OCH3 is 1. The summed E-state index contributed by atoms with van der Waals surface area (Å²) in [6, 6.07) is 14.5. The van der Waals surface area contributed by atoms with Crippen molar-refractivity contribution in [2.45, 2.75) is 19.4 Å². The van der Waals surface area contributed by atoms with Gasteiger partial charge in [-0.05, 0) is 58.3 Å². The van der Waals surface area contributed by atoms with Crippen LogP contribution < -0.4 is 19.6 Å². The van der Waals surface area contributed by atoms with Gasteiger partial charge in [0, 0.05) is 0 Å². The smallest absolute Gasteiger partial charge is 0.338 e. The molecular formula is C26H21IN2O4S. The second-order valence-corrected chi connectivity index (χ2v) is 9.55. The van der Waals surface area contributed by atoms with Crippen molar-refractivity contribution in [3.63, 3.8) is 0 Å². The van der Waals surface area contributed by atoms with Crippen LogP contribution in [0.15, 0.2) is 69.6 Å². The van der Waals surface area contributed by atoms with Gasteiger partial charge in [-0.1, -0.05) is 60.6 Å². The van der Waals surface area contributed by atoms with Gasteiger partial charge in [0.1, 0.15) is 12.4 Å². The van der Waals surface area contributed by atoms with Crippen LogP contribution in [0.5, 0.6) is 5.75 Å². The lowest BCUT2D eigenvalue weighted by Gasteiger charge is -2.25. The molecule has 0 fully saturated rings. The van der Waals surface area contributed by atoms with Crippen LogP contribution in [0.3, 0.4) is 0 Å². The zero-order valence-electron chi connectivity index (χ0n) is 18.6. The van der Waals surface area contributed by atoms with Crippen molar-refractivity contribution in [2.75, 3.05) is 13.7 Å². The predicted octanol–water partition coefficient (Wildman–Crippen LogP) is 3.41. The number of carbonyl (C=O) groups is 1. The minimum absolute atomic E-state index is 0.190. The Labute approximate surface area is 214 Å². The number of ether oxygens (including phenoxy) is 2. The Kier molecular flexibility index (Phi) is 7.34. The minimum Gasteiger partial charge on any atom is -0.480 e. The first kappa shape index (κ1) is 24.0. The molecule has 0 amide bonds.